The van der Waals surface area contributed by atoms with E-state index in [9.17, 15) is 10.1 Å². The van der Waals surface area contributed by atoms with Crippen molar-refractivity contribution in [2.45, 2.75) is 51.7 Å². The van der Waals surface area contributed by atoms with Gasteiger partial charge in [-0.3, -0.25) is 4.79 Å². The van der Waals surface area contributed by atoms with Crippen LogP contribution in [0.1, 0.15) is 39.5 Å². The molecule has 0 bridgehead atoms. The lowest BCUT2D eigenvalue weighted by molar-refractivity contribution is -0.150. The Morgan fingerprint density at radius 1 is 1.29 bits per heavy atom. The average Bonchev–Trinajstić information content (AvgIpc) is 2.76. The zero-order chi connectivity index (χ0) is 12.5. The van der Waals surface area contributed by atoms with E-state index in [4.69, 9.17) is 4.74 Å². The van der Waals surface area contributed by atoms with Crippen LogP contribution in [0.2, 0.25) is 0 Å². The van der Waals surface area contributed by atoms with Gasteiger partial charge in [0.25, 0.3) is 0 Å². The molecule has 1 heterocycles. The highest BCUT2D eigenvalue weighted by Gasteiger charge is 2.45. The van der Waals surface area contributed by atoms with Gasteiger partial charge in [-0.1, -0.05) is 12.8 Å². The maximum Gasteiger partial charge on any atom is 0.243 e. The third kappa shape index (κ3) is 2.30. The number of amides is 1. The van der Waals surface area contributed by atoms with Crippen LogP contribution in [0.5, 0.6) is 0 Å². The van der Waals surface area contributed by atoms with Crippen molar-refractivity contribution in [3.63, 3.8) is 0 Å². The van der Waals surface area contributed by atoms with E-state index in [0.717, 1.165) is 25.7 Å². The van der Waals surface area contributed by atoms with Gasteiger partial charge in [-0.25, -0.2) is 0 Å². The molecule has 0 aromatic heterocycles. The molecule has 1 amide bonds. The molecular formula is C13H20N2O2. The Morgan fingerprint density at radius 2 is 1.82 bits per heavy atom. The first-order valence-electron chi connectivity index (χ1n) is 6.43. The van der Waals surface area contributed by atoms with Gasteiger partial charge in [0, 0.05) is 13.1 Å². The van der Waals surface area contributed by atoms with Crippen LogP contribution < -0.4 is 0 Å². The first-order chi connectivity index (χ1) is 8.07. The number of ether oxygens (including phenoxy) is 1. The van der Waals surface area contributed by atoms with Crippen LogP contribution in [0, 0.1) is 16.7 Å². The molecule has 0 radical (unpaired) electrons. The lowest BCUT2D eigenvalue weighted by Crippen LogP contribution is -2.52. The van der Waals surface area contributed by atoms with Crippen molar-refractivity contribution in [3.8, 4) is 6.07 Å². The van der Waals surface area contributed by atoms with Gasteiger partial charge >= 0.3 is 0 Å². The van der Waals surface area contributed by atoms with E-state index >= 15 is 0 Å². The van der Waals surface area contributed by atoms with Gasteiger partial charge in [-0.2, -0.15) is 5.26 Å². The molecule has 2 atom stereocenters. The normalized spacial score (nSPS) is 32.2. The number of carbonyl (C=O) groups is 1. The fourth-order valence-electron chi connectivity index (χ4n) is 3.00. The van der Waals surface area contributed by atoms with Crippen LogP contribution in [0.4, 0.5) is 0 Å². The quantitative estimate of drug-likeness (QED) is 0.696. The van der Waals surface area contributed by atoms with Gasteiger partial charge in [-0.15, -0.1) is 0 Å². The molecule has 0 N–H and O–H groups in total. The zero-order valence-corrected chi connectivity index (χ0v) is 10.6. The molecule has 17 heavy (non-hydrogen) atoms. The number of carbonyl (C=O) groups excluding carboxylic acids is 1. The number of nitriles is 1. The van der Waals surface area contributed by atoms with E-state index in [0.29, 0.717) is 13.1 Å². The van der Waals surface area contributed by atoms with Crippen LogP contribution >= 0.6 is 0 Å². The fraction of sp³-hybridized carbons (Fsp3) is 0.846. The third-order valence-electron chi connectivity index (χ3n) is 3.79. The second kappa shape index (κ2) is 4.66. The summed E-state index contributed by atoms with van der Waals surface area (Å²) < 4.78 is 5.62. The number of hydrogen-bond donors (Lipinski definition) is 0. The number of nitrogens with zero attached hydrogens (tertiary/aromatic N) is 2. The molecule has 2 fully saturated rings. The summed E-state index contributed by atoms with van der Waals surface area (Å²) in [6, 6.07) is 2.27. The monoisotopic (exact) mass is 236 g/mol. The van der Waals surface area contributed by atoms with E-state index in [1.54, 1.807) is 0 Å². The van der Waals surface area contributed by atoms with E-state index in [-0.39, 0.29) is 18.1 Å². The van der Waals surface area contributed by atoms with Gasteiger partial charge in [0.05, 0.1) is 18.3 Å². The molecule has 0 spiro atoms. The van der Waals surface area contributed by atoms with Crippen LogP contribution in [0.15, 0.2) is 0 Å². The summed E-state index contributed by atoms with van der Waals surface area (Å²) in [6.45, 7) is 5.19. The maximum absolute atomic E-state index is 12.5. The predicted octanol–water partition coefficient (Wildman–Crippen LogP) is 1.71. The van der Waals surface area contributed by atoms with Crippen LogP contribution in [0.25, 0.3) is 0 Å². The van der Waals surface area contributed by atoms with Crippen molar-refractivity contribution in [1.29, 1.82) is 5.26 Å². The molecule has 2 aliphatic rings. The number of morpholine rings is 1. The molecule has 4 heteroatoms. The standard InChI is InChI=1S/C13H20N2O2/c1-10-7-15(8-11(2)17-10)12(16)13(9-14)5-3-4-6-13/h10-11H,3-8H2,1-2H3/t10-,11+. The molecule has 1 aliphatic heterocycles. The van der Waals surface area contributed by atoms with Crippen molar-refractivity contribution in [2.75, 3.05) is 13.1 Å². The van der Waals surface area contributed by atoms with E-state index < -0.39 is 5.41 Å². The maximum atomic E-state index is 12.5. The molecule has 2 rings (SSSR count). The molecule has 94 valence electrons. The Kier molecular flexibility index (Phi) is 3.39. The summed E-state index contributed by atoms with van der Waals surface area (Å²) in [5.41, 5.74) is -0.739. The lowest BCUT2D eigenvalue weighted by atomic mass is 9.86. The largest absolute Gasteiger partial charge is 0.372 e. The summed E-state index contributed by atoms with van der Waals surface area (Å²) in [5, 5.41) is 9.32. The van der Waals surface area contributed by atoms with Crippen molar-refractivity contribution >= 4 is 5.91 Å². The summed E-state index contributed by atoms with van der Waals surface area (Å²) in [7, 11) is 0. The second-order valence-electron chi connectivity index (χ2n) is 5.37. The van der Waals surface area contributed by atoms with Crippen LogP contribution in [-0.2, 0) is 9.53 Å². The Balaban J connectivity index is 2.11. The highest BCUT2D eigenvalue weighted by Crippen LogP contribution is 2.39. The fourth-order valence-corrected chi connectivity index (χ4v) is 3.00. The number of hydrogen-bond acceptors (Lipinski definition) is 3. The molecule has 1 saturated carbocycles. The minimum absolute atomic E-state index is 0.0273. The van der Waals surface area contributed by atoms with Gasteiger partial charge in [0.1, 0.15) is 5.41 Å². The second-order valence-corrected chi connectivity index (χ2v) is 5.37. The lowest BCUT2D eigenvalue weighted by Gasteiger charge is -2.38. The summed E-state index contributed by atoms with van der Waals surface area (Å²) in [5.74, 6) is 0.0273. The zero-order valence-electron chi connectivity index (χ0n) is 10.6. The van der Waals surface area contributed by atoms with Crippen molar-refractivity contribution in [2.24, 2.45) is 5.41 Å². The molecule has 0 aromatic rings. The first kappa shape index (κ1) is 12.4. The molecule has 0 unspecified atom stereocenters. The van der Waals surface area contributed by atoms with E-state index in [1.807, 2.05) is 18.7 Å². The summed E-state index contributed by atoms with van der Waals surface area (Å²) in [6.07, 6.45) is 3.58. The molecule has 4 nitrogen and oxygen atoms in total. The molecule has 0 aromatic carbocycles. The van der Waals surface area contributed by atoms with Crippen LogP contribution in [0.3, 0.4) is 0 Å². The van der Waals surface area contributed by atoms with Crippen LogP contribution in [-0.4, -0.2) is 36.1 Å². The highest BCUT2D eigenvalue weighted by molar-refractivity contribution is 5.86. The van der Waals surface area contributed by atoms with Gasteiger partial charge < -0.3 is 9.64 Å². The Labute approximate surface area is 103 Å². The molecule has 1 saturated heterocycles. The van der Waals surface area contributed by atoms with Crippen molar-refractivity contribution in [1.82, 2.24) is 4.90 Å². The first-order valence-corrected chi connectivity index (χ1v) is 6.43. The SMILES string of the molecule is C[C@@H]1CN(C(=O)C2(C#N)CCCC2)C[C@H](C)O1. The molecule has 1 aliphatic carbocycles. The predicted molar refractivity (Wildman–Crippen MR) is 63.1 cm³/mol. The summed E-state index contributed by atoms with van der Waals surface area (Å²) >= 11 is 0. The topological polar surface area (TPSA) is 53.3 Å². The molecular weight excluding hydrogens is 216 g/mol. The smallest absolute Gasteiger partial charge is 0.243 e. The minimum atomic E-state index is -0.739. The van der Waals surface area contributed by atoms with E-state index in [2.05, 4.69) is 6.07 Å². The van der Waals surface area contributed by atoms with Gasteiger partial charge in [0.15, 0.2) is 0 Å². The Morgan fingerprint density at radius 3 is 2.29 bits per heavy atom. The van der Waals surface area contributed by atoms with E-state index in [1.165, 1.54) is 0 Å². The van der Waals surface area contributed by atoms with Gasteiger partial charge in [0.2, 0.25) is 5.91 Å². The van der Waals surface area contributed by atoms with Crippen molar-refractivity contribution in [3.05, 3.63) is 0 Å². The highest BCUT2D eigenvalue weighted by atomic mass is 16.5. The third-order valence-corrected chi connectivity index (χ3v) is 3.79. The van der Waals surface area contributed by atoms with Gasteiger partial charge in [-0.05, 0) is 26.7 Å². The van der Waals surface area contributed by atoms with Crippen molar-refractivity contribution < 1.29 is 9.53 Å². The Hall–Kier alpha value is -1.08. The minimum Gasteiger partial charge on any atom is -0.372 e. The summed E-state index contributed by atoms with van der Waals surface area (Å²) in [4.78, 5) is 14.3. The Bertz CT molecular complexity index is 332. The number of rotatable bonds is 1. The average molecular weight is 236 g/mol.